The molecule has 1 saturated heterocycles. The Hall–Kier alpha value is -1.62. The van der Waals surface area contributed by atoms with E-state index in [1.54, 1.807) is 12.1 Å². The summed E-state index contributed by atoms with van der Waals surface area (Å²) in [6, 6.07) is 7.22. The number of nitrogens with one attached hydrogen (secondary N) is 2. The minimum atomic E-state index is -0.361. The highest BCUT2D eigenvalue weighted by Gasteiger charge is 2.52. The standard InChI is InChI=1S/C11H13N3O2/c15-14(16)8-3-1-2-7(4-8)13-11-9-5-12-6-10(9)11/h1-4,9-13H,5-6H2. The number of hydrogen-bond donors (Lipinski definition) is 2. The smallest absolute Gasteiger partial charge is 0.271 e. The van der Waals surface area contributed by atoms with Crippen molar-refractivity contribution in [1.82, 2.24) is 5.32 Å². The van der Waals surface area contributed by atoms with Crippen molar-refractivity contribution in [2.45, 2.75) is 6.04 Å². The van der Waals surface area contributed by atoms with Gasteiger partial charge < -0.3 is 10.6 Å². The van der Waals surface area contributed by atoms with Gasteiger partial charge in [-0.25, -0.2) is 0 Å². The average Bonchev–Trinajstić information content (AvgIpc) is 2.75. The SMILES string of the molecule is O=[N+]([O-])c1cccc(NC2C3CNCC32)c1. The van der Waals surface area contributed by atoms with Crippen LogP contribution in [0.4, 0.5) is 11.4 Å². The van der Waals surface area contributed by atoms with Gasteiger partial charge in [-0.05, 0) is 17.9 Å². The lowest BCUT2D eigenvalue weighted by Crippen LogP contribution is -2.21. The Balaban J connectivity index is 1.71. The molecule has 0 spiro atoms. The number of benzene rings is 1. The van der Waals surface area contributed by atoms with Crippen LogP contribution < -0.4 is 10.6 Å². The third kappa shape index (κ3) is 1.53. The van der Waals surface area contributed by atoms with Crippen LogP contribution in [0.5, 0.6) is 0 Å². The number of fused-ring (bicyclic) bond motifs is 1. The van der Waals surface area contributed by atoms with E-state index >= 15 is 0 Å². The normalized spacial score (nSPS) is 30.9. The molecule has 1 saturated carbocycles. The summed E-state index contributed by atoms with van der Waals surface area (Å²) in [5.74, 6) is 1.42. The Labute approximate surface area is 93.0 Å². The maximum absolute atomic E-state index is 10.6. The van der Waals surface area contributed by atoms with Gasteiger partial charge in [0.15, 0.2) is 0 Å². The Morgan fingerprint density at radius 3 is 2.81 bits per heavy atom. The van der Waals surface area contributed by atoms with Crippen LogP contribution in [0, 0.1) is 22.0 Å². The van der Waals surface area contributed by atoms with E-state index < -0.39 is 0 Å². The molecule has 1 aromatic carbocycles. The molecule has 2 N–H and O–H groups in total. The Bertz CT molecular complexity index is 425. The van der Waals surface area contributed by atoms with Crippen LogP contribution in [0.1, 0.15) is 0 Å². The minimum Gasteiger partial charge on any atom is -0.381 e. The number of nitro groups is 1. The summed E-state index contributed by atoms with van der Waals surface area (Å²) in [5, 5.41) is 17.3. The second kappa shape index (κ2) is 3.45. The molecule has 0 aromatic heterocycles. The van der Waals surface area contributed by atoms with Crippen molar-refractivity contribution >= 4 is 11.4 Å². The van der Waals surface area contributed by atoms with Crippen molar-refractivity contribution in [1.29, 1.82) is 0 Å². The summed E-state index contributed by atoms with van der Waals surface area (Å²) in [6.07, 6.45) is 0. The molecule has 1 heterocycles. The first-order chi connectivity index (χ1) is 7.75. The molecule has 2 aliphatic rings. The van der Waals surface area contributed by atoms with Crippen LogP contribution in [0.2, 0.25) is 0 Å². The molecular formula is C11H13N3O2. The molecule has 2 atom stereocenters. The fourth-order valence-electron chi connectivity index (χ4n) is 2.53. The second-order valence-corrected chi connectivity index (χ2v) is 4.46. The van der Waals surface area contributed by atoms with Gasteiger partial charge in [0.1, 0.15) is 0 Å². The summed E-state index contributed by atoms with van der Waals surface area (Å²) in [7, 11) is 0. The van der Waals surface area contributed by atoms with Gasteiger partial charge in [-0.2, -0.15) is 0 Å². The number of non-ortho nitro benzene ring substituents is 1. The zero-order valence-electron chi connectivity index (χ0n) is 8.72. The predicted octanol–water partition coefficient (Wildman–Crippen LogP) is 1.22. The fraction of sp³-hybridized carbons (Fsp3) is 0.455. The summed E-state index contributed by atoms with van der Waals surface area (Å²) in [5.41, 5.74) is 1.00. The highest BCUT2D eigenvalue weighted by molar-refractivity contribution is 5.53. The van der Waals surface area contributed by atoms with E-state index in [4.69, 9.17) is 0 Å². The summed E-state index contributed by atoms with van der Waals surface area (Å²) in [4.78, 5) is 10.3. The van der Waals surface area contributed by atoms with Crippen molar-refractivity contribution in [3.63, 3.8) is 0 Å². The highest BCUT2D eigenvalue weighted by Crippen LogP contribution is 2.43. The van der Waals surface area contributed by atoms with Crippen LogP contribution in [0.3, 0.4) is 0 Å². The highest BCUT2D eigenvalue weighted by atomic mass is 16.6. The largest absolute Gasteiger partial charge is 0.381 e. The first-order valence-electron chi connectivity index (χ1n) is 5.47. The van der Waals surface area contributed by atoms with Crippen LogP contribution in [-0.2, 0) is 0 Å². The van der Waals surface area contributed by atoms with E-state index in [1.807, 2.05) is 6.07 Å². The van der Waals surface area contributed by atoms with E-state index in [0.29, 0.717) is 17.9 Å². The molecule has 1 aliphatic heterocycles. The number of rotatable bonds is 3. The Morgan fingerprint density at radius 1 is 1.38 bits per heavy atom. The van der Waals surface area contributed by atoms with Gasteiger partial charge >= 0.3 is 0 Å². The molecule has 84 valence electrons. The van der Waals surface area contributed by atoms with Crippen molar-refractivity contribution in [2.24, 2.45) is 11.8 Å². The molecule has 1 aromatic rings. The van der Waals surface area contributed by atoms with Crippen molar-refractivity contribution in [2.75, 3.05) is 18.4 Å². The van der Waals surface area contributed by atoms with Gasteiger partial charge in [0.05, 0.1) is 4.92 Å². The number of piperidine rings is 1. The van der Waals surface area contributed by atoms with Crippen molar-refractivity contribution < 1.29 is 4.92 Å². The molecule has 2 unspecified atom stereocenters. The Morgan fingerprint density at radius 2 is 2.12 bits per heavy atom. The molecule has 1 aliphatic carbocycles. The summed E-state index contributed by atoms with van der Waals surface area (Å²) in [6.45, 7) is 2.13. The lowest BCUT2D eigenvalue weighted by molar-refractivity contribution is -0.384. The number of nitrogens with zero attached hydrogens (tertiary/aromatic N) is 1. The topological polar surface area (TPSA) is 67.2 Å². The van der Waals surface area contributed by atoms with Crippen molar-refractivity contribution in [3.8, 4) is 0 Å². The van der Waals surface area contributed by atoms with Crippen molar-refractivity contribution in [3.05, 3.63) is 34.4 Å². The molecule has 3 rings (SSSR count). The van der Waals surface area contributed by atoms with Crippen LogP contribution in [0.15, 0.2) is 24.3 Å². The van der Waals surface area contributed by atoms with Gasteiger partial charge in [-0.15, -0.1) is 0 Å². The van der Waals surface area contributed by atoms with Gasteiger partial charge in [-0.3, -0.25) is 10.1 Å². The first kappa shape index (κ1) is 9.59. The van der Waals surface area contributed by atoms with Crippen LogP contribution >= 0.6 is 0 Å². The predicted molar refractivity (Wildman–Crippen MR) is 60.4 cm³/mol. The van der Waals surface area contributed by atoms with Crippen LogP contribution in [0.25, 0.3) is 0 Å². The molecule has 5 nitrogen and oxygen atoms in total. The monoisotopic (exact) mass is 219 g/mol. The molecular weight excluding hydrogens is 206 g/mol. The maximum atomic E-state index is 10.6. The molecule has 0 radical (unpaired) electrons. The lowest BCUT2D eigenvalue weighted by atomic mass is 10.2. The van der Waals surface area contributed by atoms with E-state index in [2.05, 4.69) is 10.6 Å². The van der Waals surface area contributed by atoms with Gasteiger partial charge in [0.2, 0.25) is 0 Å². The van der Waals surface area contributed by atoms with E-state index in [9.17, 15) is 10.1 Å². The van der Waals surface area contributed by atoms with Gasteiger partial charge in [-0.1, -0.05) is 6.07 Å². The fourth-order valence-corrected chi connectivity index (χ4v) is 2.53. The third-order valence-electron chi connectivity index (χ3n) is 3.48. The quantitative estimate of drug-likeness (QED) is 0.592. The van der Waals surface area contributed by atoms with Gasteiger partial charge in [0, 0.05) is 37.0 Å². The second-order valence-electron chi connectivity index (χ2n) is 4.46. The minimum absolute atomic E-state index is 0.147. The zero-order valence-corrected chi connectivity index (χ0v) is 8.72. The molecule has 2 fully saturated rings. The van der Waals surface area contributed by atoms with E-state index in [0.717, 1.165) is 18.8 Å². The summed E-state index contributed by atoms with van der Waals surface area (Å²) < 4.78 is 0. The lowest BCUT2D eigenvalue weighted by Gasteiger charge is -2.08. The average molecular weight is 219 g/mol. The molecule has 0 bridgehead atoms. The van der Waals surface area contributed by atoms with Gasteiger partial charge in [0.25, 0.3) is 5.69 Å². The van der Waals surface area contributed by atoms with E-state index in [1.165, 1.54) is 6.07 Å². The zero-order chi connectivity index (χ0) is 11.1. The van der Waals surface area contributed by atoms with E-state index in [-0.39, 0.29) is 10.6 Å². The number of hydrogen-bond acceptors (Lipinski definition) is 4. The third-order valence-corrected chi connectivity index (χ3v) is 3.48. The Kier molecular flexibility index (Phi) is 2.07. The number of anilines is 1. The maximum Gasteiger partial charge on any atom is 0.271 e. The molecule has 16 heavy (non-hydrogen) atoms. The molecule has 5 heteroatoms. The first-order valence-corrected chi connectivity index (χ1v) is 5.47. The molecule has 0 amide bonds. The summed E-state index contributed by atoms with van der Waals surface area (Å²) >= 11 is 0. The van der Waals surface area contributed by atoms with Crippen LogP contribution in [-0.4, -0.2) is 24.1 Å². The number of nitro benzene ring substituents is 1.